The maximum Gasteiger partial charge on any atom is 0.303 e. The Labute approximate surface area is 140 Å². The summed E-state index contributed by atoms with van der Waals surface area (Å²) in [6.07, 6.45) is 0. The summed E-state index contributed by atoms with van der Waals surface area (Å²) >= 11 is 0. The number of hydrogen-bond acceptors (Lipinski definition) is 2. The molecule has 0 aliphatic heterocycles. The van der Waals surface area contributed by atoms with Gasteiger partial charge in [0, 0.05) is 14.2 Å². The van der Waals surface area contributed by atoms with Gasteiger partial charge in [-0.3, -0.25) is 0 Å². The average Bonchev–Trinajstić information content (AvgIpc) is 2.64. The van der Waals surface area contributed by atoms with E-state index < -0.39 is 10.0 Å². The molecule has 2 nitrogen and oxygen atoms in total. The summed E-state index contributed by atoms with van der Waals surface area (Å²) in [4.78, 5) is 0. The van der Waals surface area contributed by atoms with Gasteiger partial charge in [0.15, 0.2) is 0 Å². The van der Waals surface area contributed by atoms with E-state index in [1.165, 1.54) is 22.3 Å². The van der Waals surface area contributed by atoms with Crippen molar-refractivity contribution in [3.8, 4) is 22.3 Å². The number of hydrogen-bond donors (Lipinski definition) is 0. The molecule has 0 atom stereocenters. The van der Waals surface area contributed by atoms with Gasteiger partial charge in [0.1, 0.15) is 0 Å². The molecule has 0 amide bonds. The first kappa shape index (κ1) is 17.2. The quantitative estimate of drug-likeness (QED) is 0.667. The Morgan fingerprint density at radius 3 is 1.17 bits per heavy atom. The van der Waals surface area contributed by atoms with Crippen molar-refractivity contribution in [1.29, 1.82) is 0 Å². The van der Waals surface area contributed by atoms with Gasteiger partial charge in [-0.05, 0) is 22.3 Å². The molecule has 23 heavy (non-hydrogen) atoms. The fourth-order valence-corrected chi connectivity index (χ4v) is 2.58. The second-order valence-corrected chi connectivity index (χ2v) is 6.36. The van der Waals surface area contributed by atoms with E-state index in [-0.39, 0.29) is 0 Å². The van der Waals surface area contributed by atoms with E-state index in [1.807, 2.05) is 0 Å². The van der Waals surface area contributed by atoms with E-state index in [4.69, 9.17) is 0 Å². The predicted molar refractivity (Wildman–Crippen MR) is 99.9 cm³/mol. The van der Waals surface area contributed by atoms with Gasteiger partial charge in [-0.25, -0.2) is 0 Å². The van der Waals surface area contributed by atoms with Crippen LogP contribution in [0.3, 0.4) is 0 Å². The van der Waals surface area contributed by atoms with Gasteiger partial charge in [-0.15, -0.1) is 0 Å². The first-order valence-corrected chi connectivity index (χ1v) is 8.70. The molecule has 0 aliphatic carbocycles. The van der Waals surface area contributed by atoms with Crippen LogP contribution in [0.2, 0.25) is 0 Å². The molecule has 118 valence electrons. The lowest BCUT2D eigenvalue weighted by molar-refractivity contribution is 0.309. The molecule has 3 rings (SSSR count). The molecule has 0 spiro atoms. The lowest BCUT2D eigenvalue weighted by Gasteiger charge is -2.09. The van der Waals surface area contributed by atoms with Crippen LogP contribution in [-0.4, -0.2) is 24.2 Å². The molecule has 0 radical (unpaired) electrons. The highest BCUT2D eigenvalue weighted by atomic mass is 28.3. The van der Waals surface area contributed by atoms with Crippen molar-refractivity contribution in [3.63, 3.8) is 0 Å². The summed E-state index contributed by atoms with van der Waals surface area (Å²) in [6, 6.07) is 29.6. The monoisotopic (exact) mass is 322 g/mol. The lowest BCUT2D eigenvalue weighted by atomic mass is 9.95. The number of rotatable bonds is 4. The first-order valence-electron chi connectivity index (χ1n) is 7.54. The van der Waals surface area contributed by atoms with Gasteiger partial charge in [-0.1, -0.05) is 84.9 Å². The largest absolute Gasteiger partial charge is 0.402 e. The van der Waals surface area contributed by atoms with Gasteiger partial charge in [0.25, 0.3) is 0 Å². The van der Waals surface area contributed by atoms with Crippen LogP contribution >= 0.6 is 0 Å². The van der Waals surface area contributed by atoms with Crippen molar-refractivity contribution < 1.29 is 8.85 Å². The van der Waals surface area contributed by atoms with Gasteiger partial charge in [0.2, 0.25) is 0 Å². The zero-order chi connectivity index (χ0) is 16.3. The highest BCUT2D eigenvalue weighted by Gasteiger charge is 2.05. The van der Waals surface area contributed by atoms with Crippen LogP contribution in [0.15, 0.2) is 84.9 Å². The van der Waals surface area contributed by atoms with Crippen molar-refractivity contribution >= 4 is 10.0 Å². The Bertz CT molecular complexity index is 624. The van der Waals surface area contributed by atoms with Crippen LogP contribution in [0, 0.1) is 0 Å². The summed E-state index contributed by atoms with van der Waals surface area (Å²) in [5.74, 6) is 0. The summed E-state index contributed by atoms with van der Waals surface area (Å²) in [6.45, 7) is 0. The van der Waals surface area contributed by atoms with Crippen LogP contribution in [0.4, 0.5) is 0 Å². The summed E-state index contributed by atoms with van der Waals surface area (Å²) < 4.78 is 9.22. The van der Waals surface area contributed by atoms with Crippen LogP contribution in [0.5, 0.6) is 0 Å². The smallest absolute Gasteiger partial charge is 0.303 e. The second kappa shape index (κ2) is 9.74. The highest BCUT2D eigenvalue weighted by Crippen LogP contribution is 2.31. The second-order valence-electron chi connectivity index (χ2n) is 4.97. The molecule has 0 bridgehead atoms. The average molecular weight is 322 g/mol. The summed E-state index contributed by atoms with van der Waals surface area (Å²) in [5, 5.41) is 0. The van der Waals surface area contributed by atoms with E-state index in [0.29, 0.717) is 0 Å². The van der Waals surface area contributed by atoms with Crippen molar-refractivity contribution in [2.45, 2.75) is 0 Å². The molecule has 0 fully saturated rings. The molecule has 0 aromatic heterocycles. The molecular weight excluding hydrogens is 300 g/mol. The first-order chi connectivity index (χ1) is 11.4. The molecular formula is C20H22O2Si. The maximum atomic E-state index is 4.61. The molecule has 0 saturated heterocycles. The third-order valence-electron chi connectivity index (χ3n) is 3.33. The maximum absolute atomic E-state index is 4.61. The SMILES string of the molecule is CO[SiH2]OC.c1ccc(-c2ccccc2-c2ccccc2)cc1. The van der Waals surface area contributed by atoms with Gasteiger partial charge in [0.05, 0.1) is 0 Å². The minimum absolute atomic E-state index is 0.568. The van der Waals surface area contributed by atoms with Crippen molar-refractivity contribution in [1.82, 2.24) is 0 Å². The molecule has 0 saturated carbocycles. The zero-order valence-corrected chi connectivity index (χ0v) is 15.0. The fraction of sp³-hybridized carbons (Fsp3) is 0.100. The lowest BCUT2D eigenvalue weighted by Crippen LogP contribution is -1.93. The van der Waals surface area contributed by atoms with E-state index in [1.54, 1.807) is 14.2 Å². The normalized spacial score (nSPS) is 9.83. The molecule has 3 aromatic carbocycles. The van der Waals surface area contributed by atoms with Gasteiger partial charge in [-0.2, -0.15) is 0 Å². The molecule has 0 unspecified atom stereocenters. The Balaban J connectivity index is 0.000000338. The van der Waals surface area contributed by atoms with Crippen molar-refractivity contribution in [2.75, 3.05) is 14.2 Å². The Hall–Kier alpha value is -2.20. The Morgan fingerprint density at radius 1 is 0.522 bits per heavy atom. The van der Waals surface area contributed by atoms with Crippen LogP contribution in [0.1, 0.15) is 0 Å². The molecule has 3 heteroatoms. The fourth-order valence-electron chi connectivity index (χ4n) is 2.34. The van der Waals surface area contributed by atoms with E-state index >= 15 is 0 Å². The third kappa shape index (κ3) is 5.18. The van der Waals surface area contributed by atoms with Crippen molar-refractivity contribution in [3.05, 3.63) is 84.9 Å². The molecule has 0 aliphatic rings. The topological polar surface area (TPSA) is 18.5 Å². The van der Waals surface area contributed by atoms with E-state index in [9.17, 15) is 0 Å². The minimum Gasteiger partial charge on any atom is -0.402 e. The minimum atomic E-state index is -0.568. The number of benzene rings is 3. The van der Waals surface area contributed by atoms with E-state index in [2.05, 4.69) is 93.8 Å². The van der Waals surface area contributed by atoms with Gasteiger partial charge < -0.3 is 8.85 Å². The Kier molecular flexibility index (Phi) is 7.27. The van der Waals surface area contributed by atoms with Crippen LogP contribution in [-0.2, 0) is 8.85 Å². The van der Waals surface area contributed by atoms with Gasteiger partial charge >= 0.3 is 10.0 Å². The van der Waals surface area contributed by atoms with E-state index in [0.717, 1.165) is 0 Å². The van der Waals surface area contributed by atoms with Crippen molar-refractivity contribution in [2.24, 2.45) is 0 Å². The zero-order valence-electron chi connectivity index (χ0n) is 13.6. The van der Waals surface area contributed by atoms with Crippen LogP contribution in [0.25, 0.3) is 22.3 Å². The predicted octanol–water partition coefficient (Wildman–Crippen LogP) is 4.30. The van der Waals surface area contributed by atoms with Crippen LogP contribution < -0.4 is 0 Å². The molecule has 0 heterocycles. The summed E-state index contributed by atoms with van der Waals surface area (Å²) in [5.41, 5.74) is 5.09. The highest BCUT2D eigenvalue weighted by molar-refractivity contribution is 6.17. The molecule has 3 aromatic rings. The standard InChI is InChI=1S/C18H14.C2H8O2Si/c1-3-9-15(10-4-1)17-13-7-8-14-18(17)16-11-5-2-6-12-16;1-3-5-4-2/h1-14H;5H2,1-2H3. The Morgan fingerprint density at radius 2 is 0.870 bits per heavy atom. The third-order valence-corrected chi connectivity index (χ3v) is 3.80. The summed E-state index contributed by atoms with van der Waals surface area (Å²) in [7, 11) is 2.73. The molecule has 0 N–H and O–H groups in total.